The van der Waals surface area contributed by atoms with Crippen LogP contribution in [0.2, 0.25) is 0 Å². The fraction of sp³-hybridized carbons (Fsp3) is 0.312. The Kier molecular flexibility index (Phi) is 4.74. The first-order chi connectivity index (χ1) is 12.4. The number of anilines is 1. The van der Waals surface area contributed by atoms with Gasteiger partial charge in [0.05, 0.1) is 12.2 Å². The third kappa shape index (κ3) is 2.84. The molecule has 4 atom stereocenters. The number of para-hydroxylation sites is 1. The maximum Gasteiger partial charge on any atom is 0.340 e. The zero-order valence-electron chi connectivity index (χ0n) is 13.4. The third-order valence-electron chi connectivity index (χ3n) is 4.20. The van der Waals surface area contributed by atoms with Crippen LogP contribution in [0.1, 0.15) is 16.6 Å². The quantitative estimate of drug-likeness (QED) is 0.451. The maximum absolute atomic E-state index is 12.7. The van der Waals surface area contributed by atoms with Crippen molar-refractivity contribution in [1.82, 2.24) is 9.13 Å². The van der Waals surface area contributed by atoms with Gasteiger partial charge in [0.25, 0.3) is 11.5 Å². The summed E-state index contributed by atoms with van der Waals surface area (Å²) in [6.07, 6.45) is -4.40. The summed E-state index contributed by atoms with van der Waals surface area (Å²) in [5.41, 5.74) is 3.83. The van der Waals surface area contributed by atoms with E-state index in [9.17, 15) is 24.6 Å². The van der Waals surface area contributed by atoms with Gasteiger partial charge in [-0.1, -0.05) is 12.1 Å². The Bertz CT molecular complexity index is 951. The predicted octanol–water partition coefficient (Wildman–Crippen LogP) is -2.11. The van der Waals surface area contributed by atoms with Crippen LogP contribution < -0.4 is 17.0 Å². The molecule has 5 N–H and O–H groups in total. The Morgan fingerprint density at radius 1 is 1.15 bits per heavy atom. The maximum atomic E-state index is 12.7. The monoisotopic (exact) mass is 363 g/mol. The van der Waals surface area contributed by atoms with E-state index in [1.165, 1.54) is 18.2 Å². The Hall–Kier alpha value is -2.79. The molecule has 2 unspecified atom stereocenters. The molecule has 0 radical (unpaired) electrons. The summed E-state index contributed by atoms with van der Waals surface area (Å²) in [7, 11) is 0. The van der Waals surface area contributed by atoms with Crippen LogP contribution in [-0.2, 0) is 4.74 Å². The summed E-state index contributed by atoms with van der Waals surface area (Å²) in [5, 5.41) is 29.0. The molecular formula is C16H17N3O7. The van der Waals surface area contributed by atoms with Crippen LogP contribution in [-0.4, -0.2) is 55.3 Å². The van der Waals surface area contributed by atoms with Crippen LogP contribution >= 0.6 is 0 Å². The van der Waals surface area contributed by atoms with Crippen molar-refractivity contribution < 1.29 is 24.9 Å². The molecular weight excluding hydrogens is 346 g/mol. The summed E-state index contributed by atoms with van der Waals surface area (Å²) in [6, 6.07) is 6.89. The van der Waals surface area contributed by atoms with Gasteiger partial charge in [-0.3, -0.25) is 14.2 Å². The Balaban J connectivity index is 2.09. The standard InChI is InChI=1S/C16H17N3O7/c17-9-4-2-1-3-8(9)14(24)19-11(21)5-6-18(16(19)25)15-13(23)12(22)10(7-20)26-15/h1-6,10,12-13,15,20,22-23H,7,17H2/t10-,12?,13?,15-/m0/s1. The van der Waals surface area contributed by atoms with Crippen molar-refractivity contribution in [3.8, 4) is 0 Å². The average Bonchev–Trinajstić information content (AvgIpc) is 2.90. The highest BCUT2D eigenvalue weighted by atomic mass is 16.6. The minimum atomic E-state index is -1.53. The van der Waals surface area contributed by atoms with Crippen molar-refractivity contribution in [2.75, 3.05) is 12.3 Å². The first-order valence-electron chi connectivity index (χ1n) is 7.72. The van der Waals surface area contributed by atoms with E-state index in [0.717, 1.165) is 16.8 Å². The van der Waals surface area contributed by atoms with Gasteiger partial charge in [-0.25, -0.2) is 4.79 Å². The average molecular weight is 363 g/mol. The largest absolute Gasteiger partial charge is 0.398 e. The normalized spacial score (nSPS) is 25.3. The van der Waals surface area contributed by atoms with E-state index in [1.807, 2.05) is 0 Å². The van der Waals surface area contributed by atoms with E-state index in [-0.39, 0.29) is 11.3 Å². The molecule has 3 rings (SSSR count). The molecule has 1 aromatic heterocycles. The van der Waals surface area contributed by atoms with Gasteiger partial charge in [0.15, 0.2) is 6.23 Å². The van der Waals surface area contributed by atoms with Crippen molar-refractivity contribution in [3.63, 3.8) is 0 Å². The van der Waals surface area contributed by atoms with E-state index < -0.39 is 48.3 Å². The summed E-state index contributed by atoms with van der Waals surface area (Å²) in [4.78, 5) is 37.4. The van der Waals surface area contributed by atoms with Crippen LogP contribution in [0.4, 0.5) is 5.69 Å². The van der Waals surface area contributed by atoms with Crippen LogP contribution in [0.5, 0.6) is 0 Å². The Morgan fingerprint density at radius 3 is 2.46 bits per heavy atom. The Morgan fingerprint density at radius 2 is 1.85 bits per heavy atom. The number of aliphatic hydroxyl groups excluding tert-OH is 3. The molecule has 0 aliphatic carbocycles. The van der Waals surface area contributed by atoms with Gasteiger partial charge >= 0.3 is 5.69 Å². The second-order valence-electron chi connectivity index (χ2n) is 5.80. The highest BCUT2D eigenvalue weighted by molar-refractivity contribution is 6.00. The summed E-state index contributed by atoms with van der Waals surface area (Å²) < 4.78 is 6.44. The van der Waals surface area contributed by atoms with E-state index in [0.29, 0.717) is 4.57 Å². The molecule has 0 saturated carbocycles. The zero-order valence-corrected chi connectivity index (χ0v) is 13.4. The van der Waals surface area contributed by atoms with Crippen LogP contribution in [0, 0.1) is 0 Å². The first kappa shape index (κ1) is 18.0. The van der Waals surface area contributed by atoms with Crippen molar-refractivity contribution >= 4 is 11.6 Å². The molecule has 1 aliphatic rings. The number of benzene rings is 1. The van der Waals surface area contributed by atoms with Crippen LogP contribution in [0.3, 0.4) is 0 Å². The van der Waals surface area contributed by atoms with Gasteiger partial charge in [0.2, 0.25) is 0 Å². The molecule has 1 saturated heterocycles. The van der Waals surface area contributed by atoms with Gasteiger partial charge in [-0.15, -0.1) is 0 Å². The van der Waals surface area contributed by atoms with Crippen molar-refractivity contribution in [2.24, 2.45) is 0 Å². The number of carbonyl (C=O) groups is 1. The molecule has 138 valence electrons. The fourth-order valence-corrected chi connectivity index (χ4v) is 2.79. The van der Waals surface area contributed by atoms with Gasteiger partial charge in [-0.05, 0) is 12.1 Å². The molecule has 2 heterocycles. The Labute approximate surface area is 146 Å². The van der Waals surface area contributed by atoms with Gasteiger partial charge in [-0.2, -0.15) is 4.57 Å². The molecule has 10 nitrogen and oxygen atoms in total. The lowest BCUT2D eigenvalue weighted by molar-refractivity contribution is -0.0554. The molecule has 0 amide bonds. The molecule has 0 bridgehead atoms. The predicted molar refractivity (Wildman–Crippen MR) is 88.6 cm³/mol. The van der Waals surface area contributed by atoms with E-state index in [4.69, 9.17) is 15.6 Å². The summed E-state index contributed by atoms with van der Waals surface area (Å²) in [6.45, 7) is -0.581. The minimum Gasteiger partial charge on any atom is -0.398 e. The van der Waals surface area contributed by atoms with Crippen molar-refractivity contribution in [1.29, 1.82) is 0 Å². The van der Waals surface area contributed by atoms with Crippen LogP contribution in [0.25, 0.3) is 0 Å². The highest BCUT2D eigenvalue weighted by Gasteiger charge is 2.44. The smallest absolute Gasteiger partial charge is 0.340 e. The van der Waals surface area contributed by atoms with Gasteiger partial charge < -0.3 is 25.8 Å². The topological polar surface area (TPSA) is 157 Å². The lowest BCUT2D eigenvalue weighted by atomic mass is 10.1. The number of hydrogen-bond donors (Lipinski definition) is 4. The van der Waals surface area contributed by atoms with Crippen molar-refractivity contribution in [2.45, 2.75) is 24.5 Å². The second kappa shape index (κ2) is 6.84. The first-order valence-corrected chi connectivity index (χ1v) is 7.72. The number of carbonyl (C=O) groups excluding carboxylic acids is 1. The fourth-order valence-electron chi connectivity index (χ4n) is 2.79. The zero-order chi connectivity index (χ0) is 19.0. The number of nitrogen functional groups attached to an aromatic ring is 1. The highest BCUT2D eigenvalue weighted by Crippen LogP contribution is 2.27. The number of aliphatic hydroxyl groups is 3. The number of aromatic nitrogens is 2. The molecule has 0 spiro atoms. The molecule has 26 heavy (non-hydrogen) atoms. The molecule has 1 aliphatic heterocycles. The molecule has 1 aromatic carbocycles. The number of nitrogens with two attached hydrogens (primary N) is 1. The lowest BCUT2D eigenvalue weighted by Gasteiger charge is -2.18. The number of hydrogen-bond acceptors (Lipinski definition) is 8. The molecule has 10 heteroatoms. The van der Waals surface area contributed by atoms with E-state index in [2.05, 4.69) is 0 Å². The lowest BCUT2D eigenvalue weighted by Crippen LogP contribution is -2.46. The van der Waals surface area contributed by atoms with Gasteiger partial charge in [0.1, 0.15) is 18.3 Å². The number of ether oxygens (including phenoxy) is 1. The summed E-state index contributed by atoms with van der Waals surface area (Å²) in [5.74, 6) is -0.931. The van der Waals surface area contributed by atoms with E-state index >= 15 is 0 Å². The minimum absolute atomic E-state index is 0.0365. The van der Waals surface area contributed by atoms with E-state index in [1.54, 1.807) is 6.07 Å². The SMILES string of the molecule is Nc1ccccc1C(=O)n1c(=O)ccn([C@H]2O[C@@H](CO)C(O)C2O)c1=O. The second-order valence-corrected chi connectivity index (χ2v) is 5.80. The molecule has 2 aromatic rings. The number of rotatable bonds is 3. The van der Waals surface area contributed by atoms with Crippen LogP contribution in [0.15, 0.2) is 46.1 Å². The third-order valence-corrected chi connectivity index (χ3v) is 4.20. The number of nitrogens with zero attached hydrogens (tertiary/aromatic N) is 2. The summed E-state index contributed by atoms with van der Waals surface area (Å²) >= 11 is 0. The van der Waals surface area contributed by atoms with Gasteiger partial charge in [0, 0.05) is 18.0 Å². The van der Waals surface area contributed by atoms with Crippen molar-refractivity contribution in [3.05, 3.63) is 62.9 Å². The molecule has 1 fully saturated rings.